The Kier molecular flexibility index (Phi) is 5.20. The fourth-order valence-electron chi connectivity index (χ4n) is 1.39. The third kappa shape index (κ3) is 4.68. The van der Waals surface area contributed by atoms with Gasteiger partial charge in [-0.1, -0.05) is 12.1 Å². The molecule has 1 rings (SSSR count). The molecule has 0 unspecified atom stereocenters. The van der Waals surface area contributed by atoms with E-state index >= 15 is 0 Å². The van der Waals surface area contributed by atoms with E-state index in [2.05, 4.69) is 5.32 Å². The Morgan fingerprint density at radius 2 is 2.06 bits per heavy atom. The van der Waals surface area contributed by atoms with Crippen LogP contribution in [0.1, 0.15) is 19.4 Å². The molecular formula is C13H17NO3. The first-order chi connectivity index (χ1) is 8.15. The molecule has 1 amide bonds. The Labute approximate surface area is 101 Å². The van der Waals surface area contributed by atoms with Crippen molar-refractivity contribution < 1.29 is 14.3 Å². The maximum absolute atomic E-state index is 11.5. The van der Waals surface area contributed by atoms with Crippen LogP contribution < -0.4 is 10.1 Å². The van der Waals surface area contributed by atoms with Crippen LogP contribution in [-0.4, -0.2) is 24.8 Å². The summed E-state index contributed by atoms with van der Waals surface area (Å²) in [5.41, 5.74) is 0.893. The molecule has 0 spiro atoms. The quantitative estimate of drug-likeness (QED) is 0.757. The maximum Gasteiger partial charge on any atom is 0.224 e. The number of ether oxygens (including phenoxy) is 1. The molecule has 17 heavy (non-hydrogen) atoms. The first-order valence-corrected chi connectivity index (χ1v) is 5.62. The number of amides is 1. The van der Waals surface area contributed by atoms with Gasteiger partial charge in [-0.25, -0.2) is 0 Å². The van der Waals surface area contributed by atoms with E-state index in [1.54, 1.807) is 6.92 Å². The average molecular weight is 235 g/mol. The van der Waals surface area contributed by atoms with Gasteiger partial charge < -0.3 is 14.8 Å². The maximum atomic E-state index is 11.5. The van der Waals surface area contributed by atoms with Crippen molar-refractivity contribution in [2.75, 3.05) is 6.61 Å². The molecule has 0 saturated heterocycles. The van der Waals surface area contributed by atoms with Crippen LogP contribution in [-0.2, 0) is 16.0 Å². The normalized spacial score (nSPS) is 11.6. The summed E-state index contributed by atoms with van der Waals surface area (Å²) in [6.45, 7) is 4.18. The zero-order chi connectivity index (χ0) is 12.7. The summed E-state index contributed by atoms with van der Waals surface area (Å²) in [4.78, 5) is 21.9. The molecule has 0 fully saturated rings. The lowest BCUT2D eigenvalue weighted by molar-refractivity contribution is -0.123. The zero-order valence-electron chi connectivity index (χ0n) is 10.1. The zero-order valence-corrected chi connectivity index (χ0v) is 10.1. The van der Waals surface area contributed by atoms with Gasteiger partial charge in [0, 0.05) is 0 Å². The Balaban J connectivity index is 2.51. The molecule has 4 nitrogen and oxygen atoms in total. The predicted molar refractivity (Wildman–Crippen MR) is 65.0 cm³/mol. The van der Waals surface area contributed by atoms with E-state index in [1.165, 1.54) is 0 Å². The second kappa shape index (κ2) is 6.68. The molecule has 1 aromatic rings. The van der Waals surface area contributed by atoms with Crippen LogP contribution >= 0.6 is 0 Å². The summed E-state index contributed by atoms with van der Waals surface area (Å²) in [6, 6.07) is 6.90. The number of rotatable bonds is 6. The van der Waals surface area contributed by atoms with Gasteiger partial charge in [0.2, 0.25) is 5.91 Å². The molecule has 0 radical (unpaired) electrons. The van der Waals surface area contributed by atoms with Crippen LogP contribution in [0.25, 0.3) is 0 Å². The summed E-state index contributed by atoms with van der Waals surface area (Å²) in [7, 11) is 0. The van der Waals surface area contributed by atoms with Crippen molar-refractivity contribution in [3.63, 3.8) is 0 Å². The minimum absolute atomic E-state index is 0.159. The van der Waals surface area contributed by atoms with E-state index < -0.39 is 6.04 Å². The SMILES string of the molecule is CCOc1ccc(CC(=O)N[C@@H](C)C=O)cc1. The highest BCUT2D eigenvalue weighted by Crippen LogP contribution is 2.12. The van der Waals surface area contributed by atoms with Gasteiger partial charge in [0.25, 0.3) is 0 Å². The van der Waals surface area contributed by atoms with Gasteiger partial charge in [-0.2, -0.15) is 0 Å². The topological polar surface area (TPSA) is 55.4 Å². The molecule has 1 N–H and O–H groups in total. The first kappa shape index (κ1) is 13.2. The second-order valence-corrected chi connectivity index (χ2v) is 3.75. The van der Waals surface area contributed by atoms with Gasteiger partial charge in [0.1, 0.15) is 12.0 Å². The molecule has 0 bridgehead atoms. The van der Waals surface area contributed by atoms with Crippen molar-refractivity contribution in [2.45, 2.75) is 26.3 Å². The highest BCUT2D eigenvalue weighted by molar-refractivity contribution is 5.81. The lowest BCUT2D eigenvalue weighted by Gasteiger charge is -2.08. The summed E-state index contributed by atoms with van der Waals surface area (Å²) in [5, 5.41) is 2.58. The Hall–Kier alpha value is -1.84. The molecule has 0 heterocycles. The van der Waals surface area contributed by atoms with Crippen LogP contribution in [0.15, 0.2) is 24.3 Å². The molecule has 92 valence electrons. The van der Waals surface area contributed by atoms with Crippen molar-refractivity contribution in [1.29, 1.82) is 0 Å². The van der Waals surface area contributed by atoms with Crippen molar-refractivity contribution in [2.24, 2.45) is 0 Å². The van der Waals surface area contributed by atoms with E-state index in [9.17, 15) is 9.59 Å². The van der Waals surface area contributed by atoms with Crippen molar-refractivity contribution in [3.8, 4) is 5.75 Å². The second-order valence-electron chi connectivity index (χ2n) is 3.75. The average Bonchev–Trinajstić information content (AvgIpc) is 2.31. The molecule has 0 aliphatic heterocycles. The van der Waals surface area contributed by atoms with Gasteiger partial charge >= 0.3 is 0 Å². The molecule has 0 aliphatic carbocycles. The molecule has 0 aromatic heterocycles. The minimum Gasteiger partial charge on any atom is -0.494 e. The van der Waals surface area contributed by atoms with E-state index in [1.807, 2.05) is 31.2 Å². The van der Waals surface area contributed by atoms with Crippen molar-refractivity contribution in [1.82, 2.24) is 5.32 Å². The van der Waals surface area contributed by atoms with Crippen LogP contribution in [0, 0.1) is 0 Å². The lowest BCUT2D eigenvalue weighted by Crippen LogP contribution is -2.34. The number of benzene rings is 1. The largest absolute Gasteiger partial charge is 0.494 e. The third-order valence-electron chi connectivity index (χ3n) is 2.19. The van der Waals surface area contributed by atoms with Crippen LogP contribution in [0.3, 0.4) is 0 Å². The fourth-order valence-corrected chi connectivity index (χ4v) is 1.39. The smallest absolute Gasteiger partial charge is 0.224 e. The van der Waals surface area contributed by atoms with Gasteiger partial charge in [0.15, 0.2) is 0 Å². The van der Waals surface area contributed by atoms with E-state index in [4.69, 9.17) is 4.74 Å². The van der Waals surface area contributed by atoms with Gasteiger partial charge in [0.05, 0.1) is 19.1 Å². The molecule has 0 saturated carbocycles. The lowest BCUT2D eigenvalue weighted by atomic mass is 10.1. The Morgan fingerprint density at radius 3 is 2.59 bits per heavy atom. The Bertz CT molecular complexity index is 373. The predicted octanol–water partition coefficient (Wildman–Crippen LogP) is 1.33. The number of nitrogens with one attached hydrogen (secondary N) is 1. The van der Waals surface area contributed by atoms with Gasteiger partial charge in [-0.05, 0) is 31.5 Å². The highest BCUT2D eigenvalue weighted by atomic mass is 16.5. The Morgan fingerprint density at radius 1 is 1.41 bits per heavy atom. The molecular weight excluding hydrogens is 218 g/mol. The standard InChI is InChI=1S/C13H17NO3/c1-3-17-12-6-4-11(5-7-12)8-13(16)14-10(2)9-15/h4-7,9-10H,3,8H2,1-2H3,(H,14,16)/t10-/m0/s1. The number of carbonyl (C=O) groups excluding carboxylic acids is 2. The number of hydrogen-bond acceptors (Lipinski definition) is 3. The number of aldehydes is 1. The first-order valence-electron chi connectivity index (χ1n) is 5.62. The summed E-state index contributed by atoms with van der Waals surface area (Å²) < 4.78 is 5.30. The third-order valence-corrected chi connectivity index (χ3v) is 2.19. The van der Waals surface area contributed by atoms with Crippen molar-refractivity contribution in [3.05, 3.63) is 29.8 Å². The van der Waals surface area contributed by atoms with E-state index in [0.717, 1.165) is 11.3 Å². The van der Waals surface area contributed by atoms with Gasteiger partial charge in [-0.3, -0.25) is 4.79 Å². The highest BCUT2D eigenvalue weighted by Gasteiger charge is 2.06. The molecule has 4 heteroatoms. The van der Waals surface area contributed by atoms with E-state index in [-0.39, 0.29) is 12.3 Å². The molecule has 1 aromatic carbocycles. The number of carbonyl (C=O) groups is 2. The summed E-state index contributed by atoms with van der Waals surface area (Å²) in [6.07, 6.45) is 0.973. The monoisotopic (exact) mass is 235 g/mol. The molecule has 1 atom stereocenters. The van der Waals surface area contributed by atoms with Crippen LogP contribution in [0.5, 0.6) is 5.75 Å². The van der Waals surface area contributed by atoms with Crippen LogP contribution in [0.4, 0.5) is 0 Å². The fraction of sp³-hybridized carbons (Fsp3) is 0.385. The summed E-state index contributed by atoms with van der Waals surface area (Å²) in [5.74, 6) is 0.631. The van der Waals surface area contributed by atoms with Gasteiger partial charge in [-0.15, -0.1) is 0 Å². The summed E-state index contributed by atoms with van der Waals surface area (Å²) >= 11 is 0. The van der Waals surface area contributed by atoms with Crippen molar-refractivity contribution >= 4 is 12.2 Å². The van der Waals surface area contributed by atoms with Crippen LogP contribution in [0.2, 0.25) is 0 Å². The number of hydrogen-bond donors (Lipinski definition) is 1. The van der Waals surface area contributed by atoms with E-state index in [0.29, 0.717) is 12.9 Å². The molecule has 0 aliphatic rings. The minimum atomic E-state index is -0.440.